The number of rotatable bonds is 6. The van der Waals surface area contributed by atoms with Crippen LogP contribution in [0.5, 0.6) is 0 Å². The number of aliphatic hydroxyl groups excluding tert-OH is 1. The highest BCUT2D eigenvalue weighted by Crippen LogP contribution is 2.03. The van der Waals surface area contributed by atoms with Crippen LogP contribution in [0.2, 0.25) is 0 Å². The van der Waals surface area contributed by atoms with Gasteiger partial charge in [-0.3, -0.25) is 14.4 Å². The summed E-state index contributed by atoms with van der Waals surface area (Å²) in [5.74, 6) is -2.87. The lowest BCUT2D eigenvalue weighted by atomic mass is 10.2. The van der Waals surface area contributed by atoms with E-state index in [9.17, 15) is 14.4 Å². The molecule has 1 aliphatic heterocycles. The van der Waals surface area contributed by atoms with Crippen LogP contribution < -0.4 is 16.8 Å². The lowest BCUT2D eigenvalue weighted by Crippen LogP contribution is -2.44. The van der Waals surface area contributed by atoms with Crippen LogP contribution in [0.3, 0.4) is 0 Å². The molecule has 0 aromatic rings. The second-order valence-corrected chi connectivity index (χ2v) is 4.83. The summed E-state index contributed by atoms with van der Waals surface area (Å²) >= 11 is 0. The molecule has 10 heteroatoms. The Morgan fingerprint density at radius 2 is 1.91 bits per heavy atom. The molecule has 8 N–H and O–H groups in total. The number of carboxylic acids is 2. The first kappa shape index (κ1) is 20.2. The Kier molecular flexibility index (Phi) is 9.26. The smallest absolute Gasteiger partial charge is 0.325 e. The van der Waals surface area contributed by atoms with E-state index in [4.69, 9.17) is 26.8 Å². The van der Waals surface area contributed by atoms with Crippen molar-refractivity contribution in [3.05, 3.63) is 0 Å². The normalized spacial score (nSPS) is 21.0. The number of carbonyl (C=O) groups excluding carboxylic acids is 1. The van der Waals surface area contributed by atoms with E-state index in [0.29, 0.717) is 0 Å². The highest BCUT2D eigenvalue weighted by molar-refractivity contribution is 5.77. The number of aliphatic carboxylic acids is 2. The van der Waals surface area contributed by atoms with Crippen LogP contribution in [0, 0.1) is 0 Å². The fourth-order valence-electron chi connectivity index (χ4n) is 1.43. The first-order chi connectivity index (χ1) is 10.2. The molecule has 0 saturated carbocycles. The predicted molar refractivity (Wildman–Crippen MR) is 74.9 cm³/mol. The molecule has 128 valence electrons. The maximum absolute atomic E-state index is 11.0. The number of hydrogen-bond acceptors (Lipinski definition) is 8. The molecule has 0 bridgehead atoms. The van der Waals surface area contributed by atoms with Crippen molar-refractivity contribution in [1.29, 1.82) is 0 Å². The van der Waals surface area contributed by atoms with E-state index < -0.39 is 42.7 Å². The van der Waals surface area contributed by atoms with E-state index in [1.54, 1.807) is 0 Å². The summed E-state index contributed by atoms with van der Waals surface area (Å²) in [5.41, 5.74) is 10.3. The standard InChI is InChI=1S/C7H14N2O5.C5H9NO2/c1-3(10)5(9)7(13)14-2-4(8)6(11)12;7-5(8)4-2-1-3-6-4/h3-5,10H,2,8-9H2,1H3,(H,11,12);4,6H,1-3H2,(H,7,8)/t3-,4+,5+;4-/m10/s1. The van der Waals surface area contributed by atoms with E-state index in [1.807, 2.05) is 0 Å². The molecular weight excluding hydrogens is 298 g/mol. The van der Waals surface area contributed by atoms with Crippen LogP contribution in [-0.2, 0) is 19.1 Å². The van der Waals surface area contributed by atoms with E-state index in [0.717, 1.165) is 19.4 Å². The third-order valence-corrected chi connectivity index (χ3v) is 2.87. The number of esters is 1. The molecule has 0 amide bonds. The molecule has 0 aromatic carbocycles. The minimum absolute atomic E-state index is 0.269. The van der Waals surface area contributed by atoms with Gasteiger partial charge in [-0.15, -0.1) is 0 Å². The Morgan fingerprint density at radius 1 is 1.32 bits per heavy atom. The highest BCUT2D eigenvalue weighted by Gasteiger charge is 2.22. The Balaban J connectivity index is 0.000000461. The first-order valence-corrected chi connectivity index (χ1v) is 6.71. The third kappa shape index (κ3) is 7.88. The van der Waals surface area contributed by atoms with Gasteiger partial charge in [-0.25, -0.2) is 0 Å². The van der Waals surface area contributed by atoms with Crippen LogP contribution >= 0.6 is 0 Å². The lowest BCUT2D eigenvalue weighted by molar-refractivity contribution is -0.151. The second-order valence-electron chi connectivity index (χ2n) is 4.83. The molecule has 0 spiro atoms. The van der Waals surface area contributed by atoms with Crippen LogP contribution in [0.25, 0.3) is 0 Å². The van der Waals surface area contributed by atoms with E-state index in [-0.39, 0.29) is 6.04 Å². The Labute approximate surface area is 127 Å². The van der Waals surface area contributed by atoms with Crippen molar-refractivity contribution in [2.75, 3.05) is 13.2 Å². The highest BCUT2D eigenvalue weighted by atomic mass is 16.5. The van der Waals surface area contributed by atoms with Gasteiger partial charge in [-0.1, -0.05) is 0 Å². The average Bonchev–Trinajstić information content (AvgIpc) is 2.98. The summed E-state index contributed by atoms with van der Waals surface area (Å²) in [6, 6.07) is -2.73. The Morgan fingerprint density at radius 3 is 2.23 bits per heavy atom. The molecule has 22 heavy (non-hydrogen) atoms. The number of nitrogens with one attached hydrogen (secondary N) is 1. The van der Waals surface area contributed by atoms with Gasteiger partial charge < -0.3 is 36.8 Å². The zero-order valence-corrected chi connectivity index (χ0v) is 12.3. The van der Waals surface area contributed by atoms with Gasteiger partial charge in [0.1, 0.15) is 24.7 Å². The van der Waals surface area contributed by atoms with Crippen molar-refractivity contribution >= 4 is 17.9 Å². The van der Waals surface area contributed by atoms with Gasteiger partial charge in [0.15, 0.2) is 0 Å². The molecular formula is C12H23N3O7. The molecule has 0 unspecified atom stereocenters. The molecule has 0 aromatic heterocycles. The van der Waals surface area contributed by atoms with Crippen LogP contribution in [0.4, 0.5) is 0 Å². The summed E-state index contributed by atoms with van der Waals surface area (Å²) in [6.45, 7) is 1.72. The first-order valence-electron chi connectivity index (χ1n) is 6.71. The number of hydrogen-bond donors (Lipinski definition) is 6. The topological polar surface area (TPSA) is 185 Å². The van der Waals surface area contributed by atoms with Gasteiger partial charge in [0.25, 0.3) is 0 Å². The summed E-state index contributed by atoms with van der Waals surface area (Å²) in [5, 5.41) is 28.4. The number of ether oxygens (including phenoxy) is 1. The molecule has 1 heterocycles. The summed E-state index contributed by atoms with van der Waals surface area (Å²) in [7, 11) is 0. The number of aliphatic hydroxyl groups is 1. The van der Waals surface area contributed by atoms with E-state index in [2.05, 4.69) is 10.1 Å². The summed E-state index contributed by atoms with van der Waals surface area (Å²) in [6.07, 6.45) is 0.732. The van der Waals surface area contributed by atoms with Crippen molar-refractivity contribution in [3.63, 3.8) is 0 Å². The van der Waals surface area contributed by atoms with E-state index >= 15 is 0 Å². The summed E-state index contributed by atoms with van der Waals surface area (Å²) < 4.78 is 4.46. The monoisotopic (exact) mass is 321 g/mol. The Hall–Kier alpha value is -1.75. The number of carbonyl (C=O) groups is 3. The summed E-state index contributed by atoms with van der Waals surface area (Å²) in [4.78, 5) is 31.3. The Bertz CT molecular complexity index is 383. The lowest BCUT2D eigenvalue weighted by Gasteiger charge is -2.14. The minimum atomic E-state index is -1.28. The molecule has 1 fully saturated rings. The van der Waals surface area contributed by atoms with Gasteiger partial charge >= 0.3 is 17.9 Å². The van der Waals surface area contributed by atoms with Gasteiger partial charge in [-0.05, 0) is 26.3 Å². The fourth-order valence-corrected chi connectivity index (χ4v) is 1.43. The van der Waals surface area contributed by atoms with Gasteiger partial charge in [-0.2, -0.15) is 0 Å². The van der Waals surface area contributed by atoms with Gasteiger partial charge in [0.2, 0.25) is 0 Å². The third-order valence-electron chi connectivity index (χ3n) is 2.87. The molecule has 10 nitrogen and oxygen atoms in total. The van der Waals surface area contributed by atoms with Crippen LogP contribution in [0.15, 0.2) is 0 Å². The number of carboxylic acid groups (broad SMARTS) is 2. The molecule has 1 saturated heterocycles. The van der Waals surface area contributed by atoms with Gasteiger partial charge in [0, 0.05) is 0 Å². The maximum atomic E-state index is 11.0. The quantitative estimate of drug-likeness (QED) is 0.285. The fraction of sp³-hybridized carbons (Fsp3) is 0.750. The SMILES string of the molecule is C[C@@H](O)[C@H](N)C(=O)OC[C@H](N)C(=O)O.O=C(O)[C@@H]1CCCN1. The molecule has 4 atom stereocenters. The molecule has 1 aliphatic rings. The zero-order chi connectivity index (χ0) is 17.3. The van der Waals surface area contributed by atoms with Crippen molar-refractivity contribution < 1.29 is 34.4 Å². The van der Waals surface area contributed by atoms with E-state index in [1.165, 1.54) is 6.92 Å². The molecule has 1 rings (SSSR count). The molecule has 0 aliphatic carbocycles. The van der Waals surface area contributed by atoms with Crippen LogP contribution in [0.1, 0.15) is 19.8 Å². The van der Waals surface area contributed by atoms with Crippen molar-refractivity contribution in [2.45, 2.75) is 44.0 Å². The van der Waals surface area contributed by atoms with Crippen molar-refractivity contribution in [3.8, 4) is 0 Å². The maximum Gasteiger partial charge on any atom is 0.325 e. The van der Waals surface area contributed by atoms with Crippen LogP contribution in [-0.4, -0.2) is 70.6 Å². The molecule has 0 radical (unpaired) electrons. The largest absolute Gasteiger partial charge is 0.480 e. The minimum Gasteiger partial charge on any atom is -0.480 e. The van der Waals surface area contributed by atoms with Gasteiger partial charge in [0.05, 0.1) is 6.10 Å². The van der Waals surface area contributed by atoms with Crippen molar-refractivity contribution in [2.24, 2.45) is 11.5 Å². The zero-order valence-electron chi connectivity index (χ0n) is 12.3. The average molecular weight is 321 g/mol. The second kappa shape index (κ2) is 10.1. The van der Waals surface area contributed by atoms with Crippen molar-refractivity contribution in [1.82, 2.24) is 5.32 Å². The number of nitrogens with two attached hydrogens (primary N) is 2. The predicted octanol–water partition coefficient (Wildman–Crippen LogP) is -2.53.